The van der Waals surface area contributed by atoms with E-state index in [0.717, 1.165) is 22.9 Å². The van der Waals surface area contributed by atoms with Gasteiger partial charge in [0.25, 0.3) is 5.24 Å². The standard InChI is InChI=1S/C25H30N6O6S/c26-18(21(32)30-19(23(34)35)2-1-11-29-24(27)28)12-14-3-7-16(8-4-14)37-17-9-5-15(6-10-17)13-20-22(33)31-25(36)38-20/h3-10,18-20H,1-2,11-13,26H2,(H,30,32)(H,34,35)(H4,27,28,29)(H,31,33,36). The monoisotopic (exact) mass is 542 g/mol. The Morgan fingerprint density at radius 1 is 1.05 bits per heavy atom. The third kappa shape index (κ3) is 8.78. The van der Waals surface area contributed by atoms with Crippen molar-refractivity contribution in [1.29, 1.82) is 0 Å². The fraction of sp³-hybridized carbons (Fsp3) is 0.320. The van der Waals surface area contributed by atoms with Crippen molar-refractivity contribution < 1.29 is 29.0 Å². The zero-order valence-electron chi connectivity index (χ0n) is 20.5. The summed E-state index contributed by atoms with van der Waals surface area (Å²) in [5, 5.41) is 13.3. The summed E-state index contributed by atoms with van der Waals surface area (Å²) in [7, 11) is 0. The van der Waals surface area contributed by atoms with Crippen LogP contribution >= 0.6 is 11.8 Å². The molecular formula is C25H30N6O6S. The van der Waals surface area contributed by atoms with Crippen molar-refractivity contribution in [3.63, 3.8) is 0 Å². The number of carbonyl (C=O) groups is 4. The maximum Gasteiger partial charge on any atom is 0.326 e. The van der Waals surface area contributed by atoms with Crippen LogP contribution in [0.2, 0.25) is 0 Å². The fourth-order valence-electron chi connectivity index (χ4n) is 3.65. The summed E-state index contributed by atoms with van der Waals surface area (Å²) >= 11 is 0.988. The number of ether oxygens (including phenoxy) is 1. The molecule has 0 aromatic heterocycles. The highest BCUT2D eigenvalue weighted by atomic mass is 32.2. The van der Waals surface area contributed by atoms with Crippen molar-refractivity contribution in [2.75, 3.05) is 6.54 Å². The van der Waals surface area contributed by atoms with Crippen LogP contribution in [0.5, 0.6) is 11.5 Å². The minimum atomic E-state index is -1.16. The summed E-state index contributed by atoms with van der Waals surface area (Å²) in [4.78, 5) is 50.7. The topological polar surface area (TPSA) is 212 Å². The summed E-state index contributed by atoms with van der Waals surface area (Å²) in [6, 6.07) is 12.2. The molecule has 2 aromatic carbocycles. The molecule has 1 aliphatic rings. The number of thioether (sulfide) groups is 1. The zero-order chi connectivity index (χ0) is 27.7. The molecule has 13 heteroatoms. The number of carbonyl (C=O) groups excluding carboxylic acids is 3. The summed E-state index contributed by atoms with van der Waals surface area (Å²) in [6.07, 6.45) is 1.19. The first-order valence-corrected chi connectivity index (χ1v) is 12.7. The van der Waals surface area contributed by atoms with Crippen LogP contribution in [0, 0.1) is 0 Å². The summed E-state index contributed by atoms with van der Waals surface area (Å²) in [5.74, 6) is -0.930. The molecule has 3 unspecified atom stereocenters. The third-order valence-electron chi connectivity index (χ3n) is 5.62. The van der Waals surface area contributed by atoms with E-state index in [-0.39, 0.29) is 36.5 Å². The molecule has 3 atom stereocenters. The van der Waals surface area contributed by atoms with Gasteiger partial charge < -0.3 is 32.4 Å². The van der Waals surface area contributed by atoms with Crippen molar-refractivity contribution in [3.8, 4) is 11.5 Å². The maximum absolute atomic E-state index is 12.4. The lowest BCUT2D eigenvalue weighted by Gasteiger charge is -2.18. The van der Waals surface area contributed by atoms with Gasteiger partial charge in [0.2, 0.25) is 11.8 Å². The van der Waals surface area contributed by atoms with Gasteiger partial charge in [0.05, 0.1) is 11.3 Å². The molecule has 1 fully saturated rings. The van der Waals surface area contributed by atoms with Gasteiger partial charge in [-0.3, -0.25) is 24.7 Å². The van der Waals surface area contributed by atoms with Gasteiger partial charge in [-0.1, -0.05) is 36.0 Å². The average Bonchev–Trinajstić information content (AvgIpc) is 3.19. The first-order chi connectivity index (χ1) is 18.1. The van der Waals surface area contributed by atoms with Crippen LogP contribution in [0.1, 0.15) is 24.0 Å². The molecule has 202 valence electrons. The van der Waals surface area contributed by atoms with Gasteiger partial charge in [-0.15, -0.1) is 0 Å². The highest BCUT2D eigenvalue weighted by molar-refractivity contribution is 8.15. The number of carboxylic acid groups (broad SMARTS) is 1. The molecule has 3 amide bonds. The second kappa shape index (κ2) is 13.4. The van der Waals surface area contributed by atoms with Crippen LogP contribution in [-0.4, -0.2) is 58.0 Å². The number of benzene rings is 2. The maximum atomic E-state index is 12.4. The molecule has 1 saturated heterocycles. The molecule has 0 radical (unpaired) electrons. The van der Waals surface area contributed by atoms with Gasteiger partial charge in [-0.25, -0.2) is 4.79 Å². The predicted molar refractivity (Wildman–Crippen MR) is 143 cm³/mol. The number of carboxylic acids is 1. The van der Waals surface area contributed by atoms with Gasteiger partial charge in [0, 0.05) is 6.54 Å². The smallest absolute Gasteiger partial charge is 0.326 e. The number of nitrogens with one attached hydrogen (secondary N) is 2. The minimum Gasteiger partial charge on any atom is -0.480 e. The van der Waals surface area contributed by atoms with E-state index in [2.05, 4.69) is 15.6 Å². The van der Waals surface area contributed by atoms with Crippen molar-refractivity contribution in [1.82, 2.24) is 10.6 Å². The Hall–Kier alpha value is -4.10. The molecule has 9 N–H and O–H groups in total. The van der Waals surface area contributed by atoms with Crippen LogP contribution in [-0.2, 0) is 27.2 Å². The number of imide groups is 1. The SMILES string of the molecule is NC(N)=NCCCC(NC(=O)C(N)Cc1ccc(Oc2ccc(CC3SC(=O)NC3=O)cc2)cc1)C(=O)O. The lowest BCUT2D eigenvalue weighted by atomic mass is 10.0. The molecule has 2 aromatic rings. The molecule has 3 rings (SSSR count). The summed E-state index contributed by atoms with van der Waals surface area (Å²) < 4.78 is 5.85. The van der Waals surface area contributed by atoms with E-state index in [0.29, 0.717) is 24.3 Å². The van der Waals surface area contributed by atoms with E-state index in [1.165, 1.54) is 0 Å². The Bertz CT molecular complexity index is 1180. The van der Waals surface area contributed by atoms with Gasteiger partial charge in [-0.2, -0.15) is 0 Å². The van der Waals surface area contributed by atoms with Gasteiger partial charge in [-0.05, 0) is 61.1 Å². The normalized spacial score (nSPS) is 16.3. The Kier molecular flexibility index (Phi) is 10.1. The highest BCUT2D eigenvalue weighted by Gasteiger charge is 2.31. The van der Waals surface area contributed by atoms with Gasteiger partial charge >= 0.3 is 5.97 Å². The van der Waals surface area contributed by atoms with E-state index >= 15 is 0 Å². The van der Waals surface area contributed by atoms with E-state index in [9.17, 15) is 24.3 Å². The second-order valence-corrected chi connectivity index (χ2v) is 9.81. The van der Waals surface area contributed by atoms with Crippen LogP contribution < -0.4 is 32.6 Å². The number of aliphatic carboxylic acids is 1. The number of hydrogen-bond acceptors (Lipinski definition) is 8. The Morgan fingerprint density at radius 2 is 1.66 bits per heavy atom. The average molecular weight is 543 g/mol. The van der Waals surface area contributed by atoms with Gasteiger partial charge in [0.1, 0.15) is 17.5 Å². The van der Waals surface area contributed by atoms with E-state index in [4.69, 9.17) is 21.9 Å². The first kappa shape index (κ1) is 28.5. The van der Waals surface area contributed by atoms with Crippen molar-refractivity contribution in [2.45, 2.75) is 43.0 Å². The molecule has 0 saturated carbocycles. The van der Waals surface area contributed by atoms with Crippen molar-refractivity contribution >= 4 is 40.7 Å². The Balaban J connectivity index is 1.48. The Morgan fingerprint density at radius 3 is 2.18 bits per heavy atom. The number of aliphatic imine (C=N–C) groups is 1. The van der Waals surface area contributed by atoms with Crippen LogP contribution in [0.15, 0.2) is 53.5 Å². The van der Waals surface area contributed by atoms with Crippen molar-refractivity contribution in [2.24, 2.45) is 22.2 Å². The van der Waals surface area contributed by atoms with E-state index < -0.39 is 29.2 Å². The van der Waals surface area contributed by atoms with Crippen molar-refractivity contribution in [3.05, 3.63) is 59.7 Å². The number of hydrogen-bond donors (Lipinski definition) is 6. The lowest BCUT2D eigenvalue weighted by molar-refractivity contribution is -0.142. The number of nitrogens with two attached hydrogens (primary N) is 3. The minimum absolute atomic E-state index is 0.0811. The quantitative estimate of drug-likeness (QED) is 0.119. The van der Waals surface area contributed by atoms with Crippen LogP contribution in [0.3, 0.4) is 0 Å². The predicted octanol–water partition coefficient (Wildman–Crippen LogP) is 0.866. The molecule has 38 heavy (non-hydrogen) atoms. The molecule has 0 spiro atoms. The van der Waals surface area contributed by atoms with E-state index in [1.54, 1.807) is 36.4 Å². The summed E-state index contributed by atoms with van der Waals surface area (Å²) in [5.41, 5.74) is 18.2. The van der Waals surface area contributed by atoms with E-state index in [1.807, 2.05) is 12.1 Å². The number of amides is 3. The lowest BCUT2D eigenvalue weighted by Crippen LogP contribution is -2.49. The fourth-order valence-corrected chi connectivity index (χ4v) is 4.51. The second-order valence-electron chi connectivity index (χ2n) is 8.64. The molecular weight excluding hydrogens is 512 g/mol. The molecule has 12 nitrogen and oxygen atoms in total. The highest BCUT2D eigenvalue weighted by Crippen LogP contribution is 2.26. The molecule has 0 aliphatic carbocycles. The third-order valence-corrected chi connectivity index (χ3v) is 6.60. The Labute approximate surface area is 223 Å². The number of guanidine groups is 1. The summed E-state index contributed by atoms with van der Waals surface area (Å²) in [6.45, 7) is 0.257. The van der Waals surface area contributed by atoms with Crippen LogP contribution in [0.25, 0.3) is 0 Å². The zero-order valence-corrected chi connectivity index (χ0v) is 21.3. The molecule has 1 heterocycles. The first-order valence-electron chi connectivity index (χ1n) is 11.8. The number of nitrogens with zero attached hydrogens (tertiary/aromatic N) is 1. The van der Waals surface area contributed by atoms with Gasteiger partial charge in [0.15, 0.2) is 5.96 Å². The largest absolute Gasteiger partial charge is 0.480 e. The van der Waals surface area contributed by atoms with Crippen LogP contribution in [0.4, 0.5) is 4.79 Å². The number of rotatable bonds is 13. The molecule has 0 bridgehead atoms. The molecule has 1 aliphatic heterocycles.